The molecule has 5 rings (SSSR count). The molecule has 0 amide bonds. The Labute approximate surface area is 158 Å². The fourth-order valence-corrected chi connectivity index (χ4v) is 16.5. The van der Waals surface area contributed by atoms with E-state index in [0.29, 0.717) is 5.41 Å². The normalized spacial score (nSPS) is 52.3. The largest absolute Gasteiger partial charge is 0.0776 e. The smallest absolute Gasteiger partial charge is 0.0547 e. The van der Waals surface area contributed by atoms with E-state index in [4.69, 9.17) is 0 Å². The van der Waals surface area contributed by atoms with Crippen LogP contribution < -0.4 is 0 Å². The van der Waals surface area contributed by atoms with Crippen molar-refractivity contribution >= 4 is 8.07 Å². The molecule has 1 saturated heterocycles. The highest BCUT2D eigenvalue weighted by Gasteiger charge is 2.67. The summed E-state index contributed by atoms with van der Waals surface area (Å²) in [7, 11) is -1.16. The number of hydrogen-bond donors (Lipinski definition) is 0. The first-order valence-corrected chi connectivity index (χ1v) is 14.6. The van der Waals surface area contributed by atoms with Gasteiger partial charge in [-0.05, 0) is 64.8 Å². The third kappa shape index (κ3) is 2.42. The molecule has 25 heavy (non-hydrogen) atoms. The molecule has 0 aromatic heterocycles. The van der Waals surface area contributed by atoms with E-state index in [1.54, 1.807) is 64.2 Å². The van der Waals surface area contributed by atoms with Gasteiger partial charge in [0.25, 0.3) is 0 Å². The molecule has 0 aromatic carbocycles. The highest BCUT2D eigenvalue weighted by Crippen LogP contribution is 2.74. The Morgan fingerprint density at radius 2 is 1.08 bits per heavy atom. The van der Waals surface area contributed by atoms with Crippen LogP contribution >= 0.6 is 0 Å². The van der Waals surface area contributed by atoms with Crippen LogP contribution in [-0.4, -0.2) is 8.07 Å². The highest BCUT2D eigenvalue weighted by molar-refractivity contribution is 6.80. The average molecular weight is 361 g/mol. The minimum atomic E-state index is -1.16. The quantitative estimate of drug-likeness (QED) is 0.387. The van der Waals surface area contributed by atoms with E-state index in [9.17, 15) is 0 Å². The Bertz CT molecular complexity index is 464. The van der Waals surface area contributed by atoms with E-state index in [0.717, 1.165) is 35.5 Å². The van der Waals surface area contributed by atoms with Crippen molar-refractivity contribution in [2.75, 3.05) is 0 Å². The Kier molecular flexibility index (Phi) is 4.54. The third-order valence-corrected chi connectivity index (χ3v) is 15.6. The van der Waals surface area contributed by atoms with Crippen molar-refractivity contribution in [1.29, 1.82) is 0 Å². The van der Waals surface area contributed by atoms with Gasteiger partial charge in [-0.3, -0.25) is 0 Å². The second-order valence-corrected chi connectivity index (χ2v) is 16.8. The fourth-order valence-electron chi connectivity index (χ4n) is 9.72. The van der Waals surface area contributed by atoms with Crippen molar-refractivity contribution in [3.8, 4) is 0 Å². The summed E-state index contributed by atoms with van der Waals surface area (Å²) >= 11 is 0. The lowest BCUT2D eigenvalue weighted by atomic mass is 9.66. The zero-order valence-electron chi connectivity index (χ0n) is 16.7. The first-order chi connectivity index (χ1) is 11.4. The van der Waals surface area contributed by atoms with Crippen LogP contribution in [0.5, 0.6) is 0 Å². The summed E-state index contributed by atoms with van der Waals surface area (Å²) < 4.78 is 0. The maximum absolute atomic E-state index is 2.88. The maximum atomic E-state index is 2.88. The van der Waals surface area contributed by atoms with Crippen molar-refractivity contribution in [3.05, 3.63) is 0 Å². The van der Waals surface area contributed by atoms with Crippen LogP contribution in [0.25, 0.3) is 0 Å². The molecule has 1 heteroatoms. The first kappa shape index (κ1) is 18.6. The van der Waals surface area contributed by atoms with Gasteiger partial charge in [0.15, 0.2) is 0 Å². The summed E-state index contributed by atoms with van der Waals surface area (Å²) in [5.41, 5.74) is 3.01. The van der Waals surface area contributed by atoms with E-state index in [1.165, 1.54) is 11.1 Å². The molecule has 1 heterocycles. The van der Waals surface area contributed by atoms with Gasteiger partial charge in [0.05, 0.1) is 8.07 Å². The molecule has 8 atom stereocenters. The molecule has 8 unspecified atom stereocenters. The molecular weight excluding hydrogens is 316 g/mol. The summed E-state index contributed by atoms with van der Waals surface area (Å²) in [4.78, 5) is 0. The Morgan fingerprint density at radius 1 is 0.680 bits per heavy atom. The Morgan fingerprint density at radius 3 is 1.52 bits per heavy atom. The molecule has 144 valence electrons. The lowest BCUT2D eigenvalue weighted by Crippen LogP contribution is -2.56. The Balaban J connectivity index is 0.00000157. The van der Waals surface area contributed by atoms with E-state index in [1.807, 2.05) is 0 Å². The molecule has 5 fully saturated rings. The third-order valence-electron chi connectivity index (χ3n) is 10.5. The Hall–Kier alpha value is 0.217. The molecule has 0 radical (unpaired) electrons. The van der Waals surface area contributed by atoms with Crippen molar-refractivity contribution in [1.82, 2.24) is 0 Å². The zero-order chi connectivity index (χ0) is 16.7. The van der Waals surface area contributed by atoms with Gasteiger partial charge in [-0.15, -0.1) is 0 Å². The monoisotopic (exact) mass is 360 g/mol. The van der Waals surface area contributed by atoms with Crippen molar-refractivity contribution < 1.29 is 0 Å². The standard InChI is InChI=1S/C23H40Si.CH4/c1-23(2)19-13-15-9-5-7-11-17(15)21(19)24(3,4)22-18-12-8-6-10-16(18)14-20(22)23;/h15-22H,5-14H2,1-4H3;1H4. The van der Waals surface area contributed by atoms with Crippen LogP contribution in [0.3, 0.4) is 0 Å². The number of rotatable bonds is 0. The number of hydrogen-bond acceptors (Lipinski definition) is 0. The highest BCUT2D eigenvalue weighted by atomic mass is 28.3. The van der Waals surface area contributed by atoms with Crippen molar-refractivity contribution in [2.45, 2.75) is 110 Å². The molecule has 1 aliphatic heterocycles. The molecule has 0 aromatic rings. The van der Waals surface area contributed by atoms with E-state index in [-0.39, 0.29) is 7.43 Å². The van der Waals surface area contributed by atoms with Crippen LogP contribution in [0.2, 0.25) is 24.2 Å². The zero-order valence-corrected chi connectivity index (χ0v) is 17.7. The summed E-state index contributed by atoms with van der Waals surface area (Å²) in [5.74, 6) is 6.73. The van der Waals surface area contributed by atoms with Gasteiger partial charge in [0, 0.05) is 0 Å². The predicted octanol–water partition coefficient (Wildman–Crippen LogP) is 7.76. The second-order valence-electron chi connectivity index (χ2n) is 11.8. The van der Waals surface area contributed by atoms with Gasteiger partial charge in [-0.2, -0.15) is 0 Å². The molecule has 4 aliphatic carbocycles. The van der Waals surface area contributed by atoms with E-state index in [2.05, 4.69) is 26.9 Å². The van der Waals surface area contributed by atoms with Gasteiger partial charge in [-0.1, -0.05) is 85.7 Å². The fraction of sp³-hybridized carbons (Fsp3) is 1.00. The molecular formula is C24H44Si. The van der Waals surface area contributed by atoms with Crippen molar-refractivity contribution in [2.24, 2.45) is 40.9 Å². The predicted molar refractivity (Wildman–Crippen MR) is 113 cm³/mol. The van der Waals surface area contributed by atoms with E-state index < -0.39 is 8.07 Å². The molecule has 0 nitrogen and oxygen atoms in total. The van der Waals surface area contributed by atoms with Gasteiger partial charge >= 0.3 is 0 Å². The first-order valence-electron chi connectivity index (χ1n) is 11.4. The molecule has 0 bridgehead atoms. The lowest BCUT2D eigenvalue weighted by Gasteiger charge is -2.59. The van der Waals surface area contributed by atoms with Gasteiger partial charge in [0.2, 0.25) is 0 Å². The van der Waals surface area contributed by atoms with Crippen LogP contribution in [-0.2, 0) is 0 Å². The summed E-state index contributed by atoms with van der Waals surface area (Å²) in [6.07, 6.45) is 15.8. The van der Waals surface area contributed by atoms with Crippen LogP contribution in [0.4, 0.5) is 0 Å². The van der Waals surface area contributed by atoms with E-state index >= 15 is 0 Å². The lowest BCUT2D eigenvalue weighted by molar-refractivity contribution is 0.0889. The average Bonchev–Trinajstić information content (AvgIpc) is 3.14. The second kappa shape index (κ2) is 6.11. The summed E-state index contributed by atoms with van der Waals surface area (Å²) in [5, 5.41) is 0. The van der Waals surface area contributed by atoms with Crippen molar-refractivity contribution in [3.63, 3.8) is 0 Å². The summed E-state index contributed by atoms with van der Waals surface area (Å²) in [6.45, 7) is 11.2. The molecule has 0 spiro atoms. The molecule has 5 aliphatic rings. The van der Waals surface area contributed by atoms with Gasteiger partial charge in [0.1, 0.15) is 0 Å². The van der Waals surface area contributed by atoms with Gasteiger partial charge in [-0.25, -0.2) is 0 Å². The minimum absolute atomic E-state index is 0. The van der Waals surface area contributed by atoms with Crippen LogP contribution in [0.15, 0.2) is 0 Å². The summed E-state index contributed by atoms with van der Waals surface area (Å²) in [6, 6.07) is 0. The SMILES string of the molecule is C.CC1(C)C2CC3CCCCC3C2[Si](C)(C)C2C3CCCCC3CC21. The minimum Gasteiger partial charge on any atom is -0.0776 e. The van der Waals surface area contributed by atoms with Crippen LogP contribution in [0, 0.1) is 40.9 Å². The molecule has 0 N–H and O–H groups in total. The van der Waals surface area contributed by atoms with Crippen LogP contribution in [0.1, 0.15) is 85.5 Å². The number of fused-ring (bicyclic) bond motifs is 6. The topological polar surface area (TPSA) is 0 Å². The maximum Gasteiger partial charge on any atom is 0.0547 e. The van der Waals surface area contributed by atoms with Gasteiger partial charge < -0.3 is 0 Å². The molecule has 4 saturated carbocycles.